The summed E-state index contributed by atoms with van der Waals surface area (Å²) < 4.78 is 0. The lowest BCUT2D eigenvalue weighted by Gasteiger charge is -1.93. The highest BCUT2D eigenvalue weighted by Crippen LogP contribution is 2.06. The fourth-order valence-corrected chi connectivity index (χ4v) is 1.56. The molecule has 0 atom stereocenters. The topological polar surface area (TPSA) is 0 Å². The van der Waals surface area contributed by atoms with Crippen molar-refractivity contribution in [3.8, 4) is 0 Å². The van der Waals surface area contributed by atoms with Crippen LogP contribution in [0, 0.1) is 13.8 Å². The van der Waals surface area contributed by atoms with E-state index in [-0.39, 0.29) is 0 Å². The third-order valence-electron chi connectivity index (χ3n) is 2.65. The van der Waals surface area contributed by atoms with Crippen LogP contribution in [-0.2, 0) is 0 Å². The standard InChI is InChI=1S/C17H16/c1-14-6-10-16(11-7-14)4-3-5-17-12-8-15(2)9-13-17/h4-13H,1-2H3. The van der Waals surface area contributed by atoms with Crippen LogP contribution in [0.5, 0.6) is 0 Å². The van der Waals surface area contributed by atoms with E-state index < -0.39 is 0 Å². The molecule has 0 unspecified atom stereocenters. The summed E-state index contributed by atoms with van der Waals surface area (Å²) in [5.41, 5.74) is 8.13. The molecule has 0 radical (unpaired) electrons. The SMILES string of the molecule is Cc1ccc(C=C=Cc2ccc(C)cc2)cc1. The van der Waals surface area contributed by atoms with Gasteiger partial charge in [-0.15, -0.1) is 5.73 Å². The summed E-state index contributed by atoms with van der Waals surface area (Å²) >= 11 is 0. The molecule has 0 fully saturated rings. The van der Waals surface area contributed by atoms with Gasteiger partial charge in [0.15, 0.2) is 0 Å². The van der Waals surface area contributed by atoms with E-state index in [0.29, 0.717) is 0 Å². The minimum atomic E-state index is 1.18. The fraction of sp³-hybridized carbons (Fsp3) is 0.118. The van der Waals surface area contributed by atoms with Gasteiger partial charge in [-0.25, -0.2) is 0 Å². The predicted molar refractivity (Wildman–Crippen MR) is 74.8 cm³/mol. The lowest BCUT2D eigenvalue weighted by Crippen LogP contribution is -1.73. The zero-order valence-electron chi connectivity index (χ0n) is 10.3. The van der Waals surface area contributed by atoms with Crippen molar-refractivity contribution in [1.29, 1.82) is 0 Å². The quantitative estimate of drug-likeness (QED) is 0.647. The molecule has 2 rings (SSSR count). The summed E-state index contributed by atoms with van der Waals surface area (Å²) in [4.78, 5) is 0. The second-order valence-electron chi connectivity index (χ2n) is 4.28. The summed E-state index contributed by atoms with van der Waals surface area (Å²) in [5.74, 6) is 0. The smallest absolute Gasteiger partial charge is 0.0127 e. The Bertz CT molecular complexity index is 486. The van der Waals surface area contributed by atoms with Gasteiger partial charge in [0, 0.05) is 0 Å². The molecule has 0 nitrogen and oxygen atoms in total. The van der Waals surface area contributed by atoms with Crippen molar-refractivity contribution in [1.82, 2.24) is 0 Å². The van der Waals surface area contributed by atoms with Gasteiger partial charge in [-0.05, 0) is 37.1 Å². The fourth-order valence-electron chi connectivity index (χ4n) is 1.56. The predicted octanol–water partition coefficient (Wildman–Crippen LogP) is 4.63. The van der Waals surface area contributed by atoms with Gasteiger partial charge in [0.2, 0.25) is 0 Å². The normalized spacial score (nSPS) is 9.53. The average Bonchev–Trinajstić information content (AvgIpc) is 2.34. The third kappa shape index (κ3) is 3.48. The highest BCUT2D eigenvalue weighted by Gasteiger charge is 1.86. The first-order chi connectivity index (χ1) is 8.24. The Balaban J connectivity index is 2.14. The Morgan fingerprint density at radius 2 is 1.00 bits per heavy atom. The second kappa shape index (κ2) is 5.34. The van der Waals surface area contributed by atoms with Crippen molar-refractivity contribution in [2.75, 3.05) is 0 Å². The van der Waals surface area contributed by atoms with E-state index in [1.807, 2.05) is 12.2 Å². The van der Waals surface area contributed by atoms with Crippen molar-refractivity contribution in [2.45, 2.75) is 13.8 Å². The summed E-state index contributed by atoms with van der Waals surface area (Å²) in [5, 5.41) is 0. The van der Waals surface area contributed by atoms with E-state index >= 15 is 0 Å². The molecule has 0 aliphatic heterocycles. The number of benzene rings is 2. The molecule has 2 aromatic rings. The Morgan fingerprint density at radius 3 is 1.35 bits per heavy atom. The summed E-state index contributed by atoms with van der Waals surface area (Å²) in [6, 6.07) is 16.9. The van der Waals surface area contributed by atoms with Gasteiger partial charge in [-0.2, -0.15) is 0 Å². The highest BCUT2D eigenvalue weighted by molar-refractivity contribution is 5.57. The molecule has 0 bridgehead atoms. The van der Waals surface area contributed by atoms with Crippen LogP contribution in [0.4, 0.5) is 0 Å². The van der Waals surface area contributed by atoms with Crippen LogP contribution in [-0.4, -0.2) is 0 Å². The van der Waals surface area contributed by atoms with Crippen LogP contribution in [0.15, 0.2) is 54.3 Å². The van der Waals surface area contributed by atoms with Gasteiger partial charge in [0.05, 0.1) is 0 Å². The van der Waals surface area contributed by atoms with E-state index in [2.05, 4.69) is 68.1 Å². The zero-order valence-corrected chi connectivity index (χ0v) is 10.3. The molecule has 0 saturated heterocycles. The van der Waals surface area contributed by atoms with E-state index in [1.54, 1.807) is 0 Å². The van der Waals surface area contributed by atoms with Gasteiger partial charge in [-0.3, -0.25) is 0 Å². The van der Waals surface area contributed by atoms with Crippen molar-refractivity contribution in [3.63, 3.8) is 0 Å². The van der Waals surface area contributed by atoms with Gasteiger partial charge in [-0.1, -0.05) is 59.7 Å². The third-order valence-corrected chi connectivity index (χ3v) is 2.65. The number of hydrogen-bond donors (Lipinski definition) is 0. The Morgan fingerprint density at radius 1 is 0.647 bits per heavy atom. The Hall–Kier alpha value is -2.04. The molecule has 0 amide bonds. The van der Waals surface area contributed by atoms with E-state index in [0.717, 1.165) is 0 Å². The van der Waals surface area contributed by atoms with Crippen molar-refractivity contribution in [2.24, 2.45) is 0 Å². The second-order valence-corrected chi connectivity index (χ2v) is 4.28. The maximum atomic E-state index is 3.21. The minimum absolute atomic E-state index is 1.18. The molecule has 17 heavy (non-hydrogen) atoms. The van der Waals surface area contributed by atoms with E-state index in [1.165, 1.54) is 22.3 Å². The molecule has 0 aromatic heterocycles. The lowest BCUT2D eigenvalue weighted by atomic mass is 10.1. The maximum Gasteiger partial charge on any atom is -0.0127 e. The zero-order chi connectivity index (χ0) is 12.1. The first-order valence-corrected chi connectivity index (χ1v) is 5.80. The largest absolute Gasteiger partial charge is 0.120 e. The summed E-state index contributed by atoms with van der Waals surface area (Å²) in [6.07, 6.45) is 4.00. The van der Waals surface area contributed by atoms with Gasteiger partial charge >= 0.3 is 0 Å². The molecule has 0 aliphatic carbocycles. The highest BCUT2D eigenvalue weighted by atomic mass is 13.9. The van der Waals surface area contributed by atoms with Crippen molar-refractivity contribution in [3.05, 3.63) is 76.5 Å². The lowest BCUT2D eigenvalue weighted by molar-refractivity contribution is 1.46. The molecule has 0 heterocycles. The van der Waals surface area contributed by atoms with E-state index in [4.69, 9.17) is 0 Å². The molecular weight excluding hydrogens is 204 g/mol. The van der Waals surface area contributed by atoms with Crippen LogP contribution in [0.25, 0.3) is 12.2 Å². The number of rotatable bonds is 2. The Kier molecular flexibility index (Phi) is 3.59. The summed E-state index contributed by atoms with van der Waals surface area (Å²) in [7, 11) is 0. The molecule has 0 saturated carbocycles. The van der Waals surface area contributed by atoms with Gasteiger partial charge < -0.3 is 0 Å². The van der Waals surface area contributed by atoms with Crippen LogP contribution in [0.1, 0.15) is 22.3 Å². The molecule has 0 aliphatic rings. The molecule has 2 aromatic carbocycles. The maximum absolute atomic E-state index is 3.21. The van der Waals surface area contributed by atoms with Crippen molar-refractivity contribution < 1.29 is 0 Å². The number of aryl methyl sites for hydroxylation is 2. The molecule has 84 valence electrons. The Labute approximate surface area is 103 Å². The van der Waals surface area contributed by atoms with Crippen LogP contribution >= 0.6 is 0 Å². The molecule has 0 heteroatoms. The first-order valence-electron chi connectivity index (χ1n) is 5.80. The van der Waals surface area contributed by atoms with E-state index in [9.17, 15) is 0 Å². The number of hydrogen-bond acceptors (Lipinski definition) is 0. The summed E-state index contributed by atoms with van der Waals surface area (Å²) in [6.45, 7) is 4.19. The van der Waals surface area contributed by atoms with Gasteiger partial charge in [0.25, 0.3) is 0 Å². The molecule has 0 spiro atoms. The van der Waals surface area contributed by atoms with Crippen LogP contribution in [0.3, 0.4) is 0 Å². The van der Waals surface area contributed by atoms with Crippen LogP contribution < -0.4 is 0 Å². The average molecular weight is 220 g/mol. The first kappa shape index (κ1) is 11.4. The monoisotopic (exact) mass is 220 g/mol. The molecule has 0 N–H and O–H groups in total. The minimum Gasteiger partial charge on any atom is -0.120 e. The molecular formula is C17H16. The van der Waals surface area contributed by atoms with Gasteiger partial charge in [0.1, 0.15) is 0 Å². The van der Waals surface area contributed by atoms with Crippen LogP contribution in [0.2, 0.25) is 0 Å². The van der Waals surface area contributed by atoms with Crippen molar-refractivity contribution >= 4 is 12.2 Å².